The van der Waals surface area contributed by atoms with Crippen LogP contribution in [0.25, 0.3) is 0 Å². The summed E-state index contributed by atoms with van der Waals surface area (Å²) in [4.78, 5) is 17.1. The van der Waals surface area contributed by atoms with Crippen molar-refractivity contribution < 1.29 is 4.79 Å². The topological polar surface area (TPSA) is 42.0 Å². The molecule has 1 amide bonds. The lowest BCUT2D eigenvalue weighted by Crippen LogP contribution is -2.28. The Balaban J connectivity index is 2.06. The first-order chi connectivity index (χ1) is 7.70. The molecular weight excluding hydrogens is 220 g/mol. The van der Waals surface area contributed by atoms with Gasteiger partial charge in [-0.25, -0.2) is 4.98 Å². The van der Waals surface area contributed by atoms with Gasteiger partial charge < -0.3 is 5.32 Å². The van der Waals surface area contributed by atoms with Gasteiger partial charge in [-0.2, -0.15) is 0 Å². The van der Waals surface area contributed by atoms with E-state index in [0.29, 0.717) is 12.5 Å². The summed E-state index contributed by atoms with van der Waals surface area (Å²) in [5, 5.41) is 3.99. The van der Waals surface area contributed by atoms with Gasteiger partial charge in [0.15, 0.2) is 0 Å². The number of nitrogens with one attached hydrogen (secondary N) is 1. The third-order valence-corrected chi connectivity index (χ3v) is 3.93. The second kappa shape index (κ2) is 4.78. The predicted molar refractivity (Wildman–Crippen MR) is 65.7 cm³/mol. The van der Waals surface area contributed by atoms with Gasteiger partial charge >= 0.3 is 0 Å². The zero-order valence-electron chi connectivity index (χ0n) is 9.45. The number of rotatable bonds is 3. The van der Waals surface area contributed by atoms with E-state index in [1.165, 1.54) is 23.1 Å². The predicted octanol–water partition coefficient (Wildman–Crippen LogP) is 2.17. The number of amides is 1. The average molecular weight is 236 g/mol. The van der Waals surface area contributed by atoms with Crippen LogP contribution in [-0.4, -0.2) is 17.4 Å². The molecule has 1 N–H and O–H groups in total. The van der Waals surface area contributed by atoms with E-state index in [-0.39, 0.29) is 5.91 Å². The van der Waals surface area contributed by atoms with E-state index >= 15 is 0 Å². The Morgan fingerprint density at radius 2 is 2.56 bits per heavy atom. The summed E-state index contributed by atoms with van der Waals surface area (Å²) in [6.45, 7) is 6.17. The van der Waals surface area contributed by atoms with E-state index in [1.54, 1.807) is 11.3 Å². The van der Waals surface area contributed by atoms with Crippen LogP contribution in [0.2, 0.25) is 0 Å². The number of hydrogen-bond acceptors (Lipinski definition) is 3. The Bertz CT molecular complexity index is 411. The second-order valence-electron chi connectivity index (χ2n) is 4.08. The van der Waals surface area contributed by atoms with Crippen molar-refractivity contribution in [3.05, 3.63) is 28.2 Å². The number of thiazole rings is 1. The zero-order chi connectivity index (χ0) is 11.5. The SMILES string of the molecule is C=CC(=O)NCC1CCCc2sc(C)nc21. The van der Waals surface area contributed by atoms with Crippen molar-refractivity contribution in [1.29, 1.82) is 0 Å². The molecule has 1 aromatic heterocycles. The van der Waals surface area contributed by atoms with Gasteiger partial charge in [-0.1, -0.05) is 6.58 Å². The number of hydrogen-bond donors (Lipinski definition) is 1. The third kappa shape index (κ3) is 2.32. The minimum absolute atomic E-state index is 0.0981. The monoisotopic (exact) mass is 236 g/mol. The van der Waals surface area contributed by atoms with Crippen molar-refractivity contribution >= 4 is 17.2 Å². The zero-order valence-corrected chi connectivity index (χ0v) is 10.3. The Morgan fingerprint density at radius 1 is 1.75 bits per heavy atom. The molecule has 0 bridgehead atoms. The van der Waals surface area contributed by atoms with Crippen LogP contribution in [0.15, 0.2) is 12.7 Å². The summed E-state index contributed by atoms with van der Waals surface area (Å²) < 4.78 is 0. The molecule has 0 aromatic carbocycles. The Morgan fingerprint density at radius 3 is 3.31 bits per heavy atom. The second-order valence-corrected chi connectivity index (χ2v) is 5.37. The highest BCUT2D eigenvalue weighted by Crippen LogP contribution is 2.34. The molecule has 0 radical (unpaired) electrons. The summed E-state index contributed by atoms with van der Waals surface area (Å²) in [6, 6.07) is 0. The molecule has 1 aliphatic carbocycles. The molecule has 86 valence electrons. The summed E-state index contributed by atoms with van der Waals surface area (Å²) in [5.41, 5.74) is 1.21. The summed E-state index contributed by atoms with van der Waals surface area (Å²) in [6.07, 6.45) is 4.78. The minimum Gasteiger partial charge on any atom is -0.352 e. The quantitative estimate of drug-likeness (QED) is 0.817. The lowest BCUT2D eigenvalue weighted by atomic mass is 9.91. The molecule has 1 unspecified atom stereocenters. The van der Waals surface area contributed by atoms with Crippen molar-refractivity contribution in [2.45, 2.75) is 32.1 Å². The van der Waals surface area contributed by atoms with Crippen LogP contribution in [0.5, 0.6) is 0 Å². The summed E-state index contributed by atoms with van der Waals surface area (Å²) in [7, 11) is 0. The standard InChI is InChI=1S/C12H16N2OS/c1-3-11(15)13-7-9-5-4-6-10-12(9)14-8(2)16-10/h3,9H,1,4-7H2,2H3,(H,13,15). The fourth-order valence-corrected chi connectivity index (χ4v) is 3.19. The van der Waals surface area contributed by atoms with Crippen LogP contribution in [0.4, 0.5) is 0 Å². The van der Waals surface area contributed by atoms with Crippen LogP contribution in [0.1, 0.15) is 34.3 Å². The summed E-state index contributed by atoms with van der Waals surface area (Å²) in [5.74, 6) is 0.289. The smallest absolute Gasteiger partial charge is 0.243 e. The number of nitrogens with zero attached hydrogens (tertiary/aromatic N) is 1. The number of aryl methyl sites for hydroxylation is 2. The van der Waals surface area contributed by atoms with Gasteiger partial charge in [0.05, 0.1) is 10.7 Å². The first-order valence-electron chi connectivity index (χ1n) is 5.57. The molecule has 0 fully saturated rings. The van der Waals surface area contributed by atoms with E-state index < -0.39 is 0 Å². The van der Waals surface area contributed by atoms with Crippen molar-refractivity contribution in [2.24, 2.45) is 0 Å². The van der Waals surface area contributed by atoms with Crippen LogP contribution in [-0.2, 0) is 11.2 Å². The van der Waals surface area contributed by atoms with Gasteiger partial charge in [-0.3, -0.25) is 4.79 Å². The Hall–Kier alpha value is -1.16. The van der Waals surface area contributed by atoms with Crippen molar-refractivity contribution in [2.75, 3.05) is 6.54 Å². The lowest BCUT2D eigenvalue weighted by molar-refractivity contribution is -0.116. The largest absolute Gasteiger partial charge is 0.352 e. The first-order valence-corrected chi connectivity index (χ1v) is 6.39. The molecule has 0 saturated heterocycles. The lowest BCUT2D eigenvalue weighted by Gasteiger charge is -2.21. The maximum Gasteiger partial charge on any atom is 0.243 e. The fourth-order valence-electron chi connectivity index (χ4n) is 2.12. The molecule has 0 aliphatic heterocycles. The molecule has 1 aliphatic rings. The van der Waals surface area contributed by atoms with Gasteiger partial charge in [-0.15, -0.1) is 11.3 Å². The molecule has 0 spiro atoms. The van der Waals surface area contributed by atoms with Crippen LogP contribution in [0, 0.1) is 6.92 Å². The molecular formula is C12H16N2OS. The fraction of sp³-hybridized carbons (Fsp3) is 0.500. The van der Waals surface area contributed by atoms with E-state index in [2.05, 4.69) is 16.9 Å². The first kappa shape index (κ1) is 11.3. The third-order valence-electron chi connectivity index (χ3n) is 2.89. The van der Waals surface area contributed by atoms with Gasteiger partial charge in [0.25, 0.3) is 0 Å². The van der Waals surface area contributed by atoms with Crippen molar-refractivity contribution in [3.63, 3.8) is 0 Å². The van der Waals surface area contributed by atoms with Gasteiger partial charge in [0, 0.05) is 17.3 Å². The molecule has 0 saturated carbocycles. The minimum atomic E-state index is -0.0981. The normalized spacial score (nSPS) is 18.9. The number of carbonyl (C=O) groups excluding carboxylic acids is 1. The van der Waals surface area contributed by atoms with Crippen molar-refractivity contribution in [1.82, 2.24) is 10.3 Å². The van der Waals surface area contributed by atoms with E-state index in [9.17, 15) is 4.79 Å². The maximum absolute atomic E-state index is 11.1. The highest BCUT2D eigenvalue weighted by molar-refractivity contribution is 7.11. The van der Waals surface area contributed by atoms with Gasteiger partial charge in [0.2, 0.25) is 5.91 Å². The number of fused-ring (bicyclic) bond motifs is 1. The molecule has 1 atom stereocenters. The molecule has 2 rings (SSSR count). The van der Waals surface area contributed by atoms with Crippen molar-refractivity contribution in [3.8, 4) is 0 Å². The number of carbonyl (C=O) groups is 1. The van der Waals surface area contributed by atoms with Crippen LogP contribution in [0.3, 0.4) is 0 Å². The highest BCUT2D eigenvalue weighted by atomic mass is 32.1. The van der Waals surface area contributed by atoms with Crippen LogP contribution >= 0.6 is 11.3 Å². The maximum atomic E-state index is 11.1. The molecule has 16 heavy (non-hydrogen) atoms. The Labute approximate surface area is 99.6 Å². The average Bonchev–Trinajstić information content (AvgIpc) is 2.66. The molecule has 1 heterocycles. The molecule has 4 heteroatoms. The van der Waals surface area contributed by atoms with E-state index in [0.717, 1.165) is 17.8 Å². The molecule has 1 aromatic rings. The van der Waals surface area contributed by atoms with Gasteiger partial charge in [0.1, 0.15) is 0 Å². The Kier molecular flexibility index (Phi) is 3.39. The van der Waals surface area contributed by atoms with Crippen LogP contribution < -0.4 is 5.32 Å². The number of aromatic nitrogens is 1. The van der Waals surface area contributed by atoms with Gasteiger partial charge in [-0.05, 0) is 32.3 Å². The molecule has 3 nitrogen and oxygen atoms in total. The van der Waals surface area contributed by atoms with E-state index in [4.69, 9.17) is 0 Å². The van der Waals surface area contributed by atoms with E-state index in [1.807, 2.05) is 6.92 Å². The highest BCUT2D eigenvalue weighted by Gasteiger charge is 2.23. The summed E-state index contributed by atoms with van der Waals surface area (Å²) >= 11 is 1.79.